The number of halogens is 2. The molecule has 1 N–H and O–H groups in total. The minimum atomic E-state index is -0.339. The van der Waals surface area contributed by atoms with Crippen LogP contribution in [-0.4, -0.2) is 19.6 Å². The zero-order valence-electron chi connectivity index (χ0n) is 13.9. The number of hydrogen-bond donors (Lipinski definition) is 1. The molecule has 0 aliphatic carbocycles. The largest absolute Gasteiger partial charge is 0.364 e. The van der Waals surface area contributed by atoms with Crippen molar-refractivity contribution in [2.24, 2.45) is 0 Å². The summed E-state index contributed by atoms with van der Waals surface area (Å²) in [5.41, 5.74) is 3.80. The second-order valence-electron chi connectivity index (χ2n) is 5.88. The van der Waals surface area contributed by atoms with Crippen molar-refractivity contribution < 1.29 is 4.39 Å². The molecule has 3 heterocycles. The summed E-state index contributed by atoms with van der Waals surface area (Å²) < 4.78 is 15.8. The highest BCUT2D eigenvalue weighted by Crippen LogP contribution is 2.25. The van der Waals surface area contributed by atoms with Gasteiger partial charge in [0.05, 0.1) is 16.9 Å². The predicted molar refractivity (Wildman–Crippen MR) is 99.7 cm³/mol. The first-order valence-corrected chi connectivity index (χ1v) is 8.44. The summed E-state index contributed by atoms with van der Waals surface area (Å²) in [5.74, 6) is 0.261. The van der Waals surface area contributed by atoms with Gasteiger partial charge in [-0.25, -0.2) is 13.9 Å². The van der Waals surface area contributed by atoms with Crippen LogP contribution >= 0.6 is 11.6 Å². The van der Waals surface area contributed by atoms with E-state index in [0.717, 1.165) is 22.5 Å². The lowest BCUT2D eigenvalue weighted by atomic mass is 10.1. The van der Waals surface area contributed by atoms with Crippen LogP contribution in [0.15, 0.2) is 55.0 Å². The summed E-state index contributed by atoms with van der Waals surface area (Å²) in [6.45, 7) is 2.09. The number of aromatic nitrogens is 4. The zero-order chi connectivity index (χ0) is 18.1. The molecule has 130 valence electrons. The monoisotopic (exact) mass is 367 g/mol. The Balaban J connectivity index is 1.65. The molecule has 0 aliphatic heterocycles. The van der Waals surface area contributed by atoms with Crippen LogP contribution in [0.4, 0.5) is 10.2 Å². The summed E-state index contributed by atoms with van der Waals surface area (Å²) in [4.78, 5) is 8.39. The van der Waals surface area contributed by atoms with E-state index < -0.39 is 0 Å². The summed E-state index contributed by atoms with van der Waals surface area (Å²) in [6, 6.07) is 10.5. The number of anilines is 1. The van der Waals surface area contributed by atoms with Crippen LogP contribution in [0.2, 0.25) is 5.02 Å². The number of rotatable bonds is 4. The molecule has 26 heavy (non-hydrogen) atoms. The van der Waals surface area contributed by atoms with Crippen molar-refractivity contribution in [3.05, 3.63) is 77.0 Å². The van der Waals surface area contributed by atoms with Crippen LogP contribution in [-0.2, 0) is 6.54 Å². The highest BCUT2D eigenvalue weighted by atomic mass is 35.5. The van der Waals surface area contributed by atoms with Gasteiger partial charge < -0.3 is 5.32 Å². The Morgan fingerprint density at radius 3 is 2.73 bits per heavy atom. The maximum absolute atomic E-state index is 14.1. The maximum Gasteiger partial charge on any atom is 0.154 e. The van der Waals surface area contributed by atoms with E-state index in [0.29, 0.717) is 16.4 Å². The van der Waals surface area contributed by atoms with Gasteiger partial charge in [0.25, 0.3) is 0 Å². The lowest BCUT2D eigenvalue weighted by Crippen LogP contribution is -2.07. The highest BCUT2D eigenvalue weighted by Gasteiger charge is 2.11. The van der Waals surface area contributed by atoms with Crippen molar-refractivity contribution in [3.63, 3.8) is 0 Å². The second-order valence-corrected chi connectivity index (χ2v) is 6.26. The second kappa shape index (κ2) is 6.72. The zero-order valence-corrected chi connectivity index (χ0v) is 14.7. The van der Waals surface area contributed by atoms with Crippen molar-refractivity contribution >= 4 is 23.1 Å². The minimum absolute atomic E-state index is 0.240. The van der Waals surface area contributed by atoms with Gasteiger partial charge in [-0.2, -0.15) is 0 Å². The Bertz CT molecular complexity index is 1080. The third-order valence-electron chi connectivity index (χ3n) is 4.16. The van der Waals surface area contributed by atoms with Gasteiger partial charge in [-0.1, -0.05) is 17.7 Å². The van der Waals surface area contributed by atoms with Crippen molar-refractivity contribution in [2.45, 2.75) is 13.5 Å². The van der Waals surface area contributed by atoms with E-state index in [1.807, 2.05) is 25.1 Å². The average molecular weight is 368 g/mol. The molecule has 0 spiro atoms. The molecule has 0 amide bonds. The molecule has 0 atom stereocenters. The van der Waals surface area contributed by atoms with Gasteiger partial charge in [0, 0.05) is 30.1 Å². The number of pyridine rings is 1. The Labute approximate surface area is 154 Å². The molecule has 3 aromatic heterocycles. The number of aryl methyl sites for hydroxylation is 1. The first-order valence-electron chi connectivity index (χ1n) is 8.06. The molecule has 7 heteroatoms. The standard InChI is InChI=1S/C19H15ClFN5/c1-12-2-3-15(21)14(19(12)20)10-23-17-4-5-18-24-11-16(26(18)25-17)13-6-8-22-9-7-13/h2-9,11H,10H2,1H3,(H,23,25). The van der Waals surface area contributed by atoms with E-state index in [-0.39, 0.29) is 12.4 Å². The van der Waals surface area contributed by atoms with Gasteiger partial charge in [0.1, 0.15) is 11.6 Å². The molecule has 4 aromatic rings. The SMILES string of the molecule is Cc1ccc(F)c(CNc2ccc3ncc(-c4ccncc4)n3n2)c1Cl. The van der Waals surface area contributed by atoms with Gasteiger partial charge in [-0.3, -0.25) is 4.98 Å². The molecule has 0 saturated carbocycles. The fraction of sp³-hybridized carbons (Fsp3) is 0.105. The van der Waals surface area contributed by atoms with Crippen LogP contribution in [0.25, 0.3) is 16.9 Å². The van der Waals surface area contributed by atoms with Crippen LogP contribution in [0.1, 0.15) is 11.1 Å². The normalized spacial score (nSPS) is 11.0. The summed E-state index contributed by atoms with van der Waals surface area (Å²) in [5, 5.41) is 8.13. The van der Waals surface area contributed by atoms with Gasteiger partial charge >= 0.3 is 0 Å². The minimum Gasteiger partial charge on any atom is -0.364 e. The Morgan fingerprint density at radius 2 is 1.92 bits per heavy atom. The maximum atomic E-state index is 14.1. The van der Waals surface area contributed by atoms with Crippen molar-refractivity contribution in [1.82, 2.24) is 19.6 Å². The molecule has 0 fully saturated rings. The smallest absolute Gasteiger partial charge is 0.154 e. The molecule has 5 nitrogen and oxygen atoms in total. The molecule has 1 aromatic carbocycles. The van der Waals surface area contributed by atoms with E-state index in [4.69, 9.17) is 11.6 Å². The van der Waals surface area contributed by atoms with E-state index >= 15 is 0 Å². The highest BCUT2D eigenvalue weighted by molar-refractivity contribution is 6.32. The quantitative estimate of drug-likeness (QED) is 0.576. The lowest BCUT2D eigenvalue weighted by molar-refractivity contribution is 0.612. The van der Waals surface area contributed by atoms with Crippen LogP contribution < -0.4 is 5.32 Å². The van der Waals surface area contributed by atoms with Crippen molar-refractivity contribution in [1.29, 1.82) is 0 Å². The Kier molecular flexibility index (Phi) is 4.26. The number of imidazole rings is 1. The van der Waals surface area contributed by atoms with E-state index in [2.05, 4.69) is 20.4 Å². The Hall–Kier alpha value is -2.99. The van der Waals surface area contributed by atoms with Crippen LogP contribution in [0, 0.1) is 12.7 Å². The van der Waals surface area contributed by atoms with Crippen LogP contribution in [0.3, 0.4) is 0 Å². The number of nitrogens with one attached hydrogen (secondary N) is 1. The summed E-state index contributed by atoms with van der Waals surface area (Å²) in [6.07, 6.45) is 5.21. The molecule has 0 aliphatic rings. The lowest BCUT2D eigenvalue weighted by Gasteiger charge is -2.11. The first-order chi connectivity index (χ1) is 12.6. The van der Waals surface area contributed by atoms with Gasteiger partial charge in [0.15, 0.2) is 5.65 Å². The molecule has 4 rings (SSSR count). The predicted octanol–water partition coefficient (Wildman–Crippen LogP) is 4.50. The molecule has 0 saturated heterocycles. The number of benzene rings is 1. The summed E-state index contributed by atoms with van der Waals surface area (Å²) >= 11 is 6.23. The van der Waals surface area contributed by atoms with Crippen molar-refractivity contribution in [3.8, 4) is 11.3 Å². The van der Waals surface area contributed by atoms with E-state index in [1.54, 1.807) is 35.2 Å². The van der Waals surface area contributed by atoms with Gasteiger partial charge in [0.2, 0.25) is 0 Å². The van der Waals surface area contributed by atoms with E-state index in [1.165, 1.54) is 6.07 Å². The molecule has 0 bridgehead atoms. The van der Waals surface area contributed by atoms with Gasteiger partial charge in [-0.15, -0.1) is 5.10 Å². The fourth-order valence-corrected chi connectivity index (χ4v) is 2.96. The third kappa shape index (κ3) is 2.99. The van der Waals surface area contributed by atoms with E-state index in [9.17, 15) is 4.39 Å². The topological polar surface area (TPSA) is 55.1 Å². The van der Waals surface area contributed by atoms with Crippen molar-refractivity contribution in [2.75, 3.05) is 5.32 Å². The molecule has 0 radical (unpaired) electrons. The number of hydrogen-bond acceptors (Lipinski definition) is 4. The molecular formula is C19H15ClFN5. The molecular weight excluding hydrogens is 353 g/mol. The first kappa shape index (κ1) is 16.5. The van der Waals surface area contributed by atoms with Crippen LogP contribution in [0.5, 0.6) is 0 Å². The number of nitrogens with zero attached hydrogens (tertiary/aromatic N) is 4. The van der Waals surface area contributed by atoms with Gasteiger partial charge in [-0.05, 0) is 42.8 Å². The molecule has 0 unspecified atom stereocenters. The fourth-order valence-electron chi connectivity index (χ4n) is 2.74. The average Bonchev–Trinajstić information content (AvgIpc) is 3.09. The number of fused-ring (bicyclic) bond motifs is 1. The Morgan fingerprint density at radius 1 is 1.12 bits per heavy atom. The third-order valence-corrected chi connectivity index (χ3v) is 4.69. The summed E-state index contributed by atoms with van der Waals surface area (Å²) in [7, 11) is 0.